The Morgan fingerprint density at radius 1 is 1.09 bits per heavy atom. The molecule has 0 spiro atoms. The second-order valence-electron chi connectivity index (χ2n) is 4.76. The summed E-state index contributed by atoms with van der Waals surface area (Å²) >= 11 is 0. The lowest BCUT2D eigenvalue weighted by Crippen LogP contribution is -2.20. The maximum atomic E-state index is 13.6. The highest BCUT2D eigenvalue weighted by molar-refractivity contribution is 7.89. The summed E-state index contributed by atoms with van der Waals surface area (Å²) in [4.78, 5) is 12.2. The van der Waals surface area contributed by atoms with E-state index in [1.807, 2.05) is 0 Å². The minimum Gasteiger partial charge on any atom is -0.319 e. The molecule has 2 rings (SSSR count). The predicted octanol–water partition coefficient (Wildman–Crippen LogP) is 2.43. The summed E-state index contributed by atoms with van der Waals surface area (Å²) in [5.41, 5.74) is 0.391. The van der Waals surface area contributed by atoms with Crippen LogP contribution in [0.1, 0.15) is 15.9 Å². The van der Waals surface area contributed by atoms with E-state index in [9.17, 15) is 22.0 Å². The van der Waals surface area contributed by atoms with Crippen LogP contribution in [0, 0.1) is 18.6 Å². The van der Waals surface area contributed by atoms with Gasteiger partial charge < -0.3 is 5.32 Å². The van der Waals surface area contributed by atoms with Crippen LogP contribution < -0.4 is 10.0 Å². The molecule has 2 aromatic rings. The summed E-state index contributed by atoms with van der Waals surface area (Å²) in [6.45, 7) is 1.62. The van der Waals surface area contributed by atoms with Crippen molar-refractivity contribution in [2.45, 2.75) is 11.8 Å². The molecule has 0 fully saturated rings. The van der Waals surface area contributed by atoms with Crippen LogP contribution >= 0.6 is 0 Å². The number of anilines is 1. The lowest BCUT2D eigenvalue weighted by molar-refractivity contribution is 0.102. The summed E-state index contributed by atoms with van der Waals surface area (Å²) < 4.78 is 52.2. The molecule has 8 heteroatoms. The molecular weight excluding hydrogens is 326 g/mol. The number of rotatable bonds is 4. The molecule has 0 heterocycles. The summed E-state index contributed by atoms with van der Waals surface area (Å²) in [5.74, 6) is -2.38. The average Bonchev–Trinajstić information content (AvgIpc) is 2.50. The number of hydrogen-bond acceptors (Lipinski definition) is 3. The maximum Gasteiger partial charge on any atom is 0.256 e. The number of benzene rings is 2. The summed E-state index contributed by atoms with van der Waals surface area (Å²) in [6, 6.07) is 6.76. The maximum absolute atomic E-state index is 13.6. The molecule has 1 amide bonds. The molecule has 0 saturated heterocycles. The zero-order valence-electron chi connectivity index (χ0n) is 12.4. The number of amides is 1. The minimum absolute atomic E-state index is 0.0741. The van der Waals surface area contributed by atoms with E-state index in [4.69, 9.17) is 0 Å². The van der Waals surface area contributed by atoms with Crippen molar-refractivity contribution < 1.29 is 22.0 Å². The number of halogens is 2. The first-order chi connectivity index (χ1) is 10.7. The Bertz CT molecular complexity index is 867. The first-order valence-corrected chi connectivity index (χ1v) is 8.03. The molecule has 0 aliphatic carbocycles. The second-order valence-corrected chi connectivity index (χ2v) is 6.65. The SMILES string of the molecule is CNS(=O)(=O)c1ccc(C)c(C(=O)Nc2ccc(F)cc2F)c1. The van der Waals surface area contributed by atoms with Crippen LogP contribution in [0.25, 0.3) is 0 Å². The van der Waals surface area contributed by atoms with Gasteiger partial charge in [0.1, 0.15) is 11.6 Å². The van der Waals surface area contributed by atoms with Gasteiger partial charge in [-0.3, -0.25) is 4.79 Å². The van der Waals surface area contributed by atoms with Crippen LogP contribution in [0.3, 0.4) is 0 Å². The topological polar surface area (TPSA) is 75.3 Å². The van der Waals surface area contributed by atoms with Crippen molar-refractivity contribution in [1.29, 1.82) is 0 Å². The van der Waals surface area contributed by atoms with Gasteiger partial charge in [-0.05, 0) is 43.8 Å². The smallest absolute Gasteiger partial charge is 0.256 e. The fraction of sp³-hybridized carbons (Fsp3) is 0.133. The third-order valence-electron chi connectivity index (χ3n) is 3.21. The van der Waals surface area contributed by atoms with Gasteiger partial charge in [0.2, 0.25) is 10.0 Å². The zero-order chi connectivity index (χ0) is 17.2. The van der Waals surface area contributed by atoms with Gasteiger partial charge in [-0.25, -0.2) is 21.9 Å². The number of sulfonamides is 1. The van der Waals surface area contributed by atoms with Crippen molar-refractivity contribution >= 4 is 21.6 Å². The number of carbonyl (C=O) groups excluding carboxylic acids is 1. The number of aryl methyl sites for hydroxylation is 1. The van der Waals surface area contributed by atoms with Crippen molar-refractivity contribution in [3.8, 4) is 0 Å². The average molecular weight is 340 g/mol. The first kappa shape index (κ1) is 17.0. The molecule has 122 valence electrons. The van der Waals surface area contributed by atoms with Gasteiger partial charge in [0.25, 0.3) is 5.91 Å². The largest absolute Gasteiger partial charge is 0.319 e. The zero-order valence-corrected chi connectivity index (χ0v) is 13.2. The molecule has 0 aliphatic heterocycles. The van der Waals surface area contributed by atoms with Gasteiger partial charge in [0.05, 0.1) is 10.6 Å². The van der Waals surface area contributed by atoms with Crippen molar-refractivity contribution in [2.24, 2.45) is 0 Å². The van der Waals surface area contributed by atoms with E-state index in [-0.39, 0.29) is 16.1 Å². The van der Waals surface area contributed by atoms with Crippen molar-refractivity contribution in [3.63, 3.8) is 0 Å². The molecule has 0 saturated carbocycles. The summed E-state index contributed by atoms with van der Waals surface area (Å²) in [7, 11) is -2.46. The van der Waals surface area contributed by atoms with Crippen LogP contribution in [0.15, 0.2) is 41.3 Å². The Morgan fingerprint density at radius 3 is 2.39 bits per heavy atom. The van der Waals surface area contributed by atoms with Gasteiger partial charge in [0, 0.05) is 11.6 Å². The normalized spacial score (nSPS) is 11.3. The standard InChI is InChI=1S/C15H14F2N2O3S/c1-9-3-5-11(23(21,22)18-2)8-12(9)15(20)19-14-6-4-10(16)7-13(14)17/h3-8,18H,1-2H3,(H,19,20). The van der Waals surface area contributed by atoms with Gasteiger partial charge in [-0.1, -0.05) is 6.07 Å². The van der Waals surface area contributed by atoms with Crippen molar-refractivity contribution in [2.75, 3.05) is 12.4 Å². The molecule has 2 N–H and O–H groups in total. The van der Waals surface area contributed by atoms with E-state index in [1.165, 1.54) is 25.2 Å². The Labute approximate surface area is 132 Å². The quantitative estimate of drug-likeness (QED) is 0.898. The highest BCUT2D eigenvalue weighted by Gasteiger charge is 2.17. The van der Waals surface area contributed by atoms with Crippen LogP contribution in [0.4, 0.5) is 14.5 Å². The molecule has 0 aliphatic rings. The van der Waals surface area contributed by atoms with Crippen LogP contribution in [-0.2, 0) is 10.0 Å². The first-order valence-electron chi connectivity index (χ1n) is 6.55. The Balaban J connectivity index is 2.37. The molecule has 2 aromatic carbocycles. The van der Waals surface area contributed by atoms with E-state index in [1.54, 1.807) is 6.92 Å². The monoisotopic (exact) mass is 340 g/mol. The van der Waals surface area contributed by atoms with Crippen molar-refractivity contribution in [1.82, 2.24) is 4.72 Å². The summed E-state index contributed by atoms with van der Waals surface area (Å²) in [6.07, 6.45) is 0. The number of carbonyl (C=O) groups is 1. The highest BCUT2D eigenvalue weighted by Crippen LogP contribution is 2.19. The van der Waals surface area contributed by atoms with Crippen LogP contribution in [-0.4, -0.2) is 21.4 Å². The minimum atomic E-state index is -3.71. The van der Waals surface area contributed by atoms with Gasteiger partial charge in [-0.2, -0.15) is 0 Å². The molecule has 0 aromatic heterocycles. The van der Waals surface area contributed by atoms with Crippen molar-refractivity contribution in [3.05, 3.63) is 59.2 Å². The van der Waals surface area contributed by atoms with Gasteiger partial charge >= 0.3 is 0 Å². The third-order valence-corrected chi connectivity index (χ3v) is 4.62. The molecular formula is C15H14F2N2O3S. The number of hydrogen-bond donors (Lipinski definition) is 2. The van der Waals surface area contributed by atoms with Crippen LogP contribution in [0.2, 0.25) is 0 Å². The highest BCUT2D eigenvalue weighted by atomic mass is 32.2. The predicted molar refractivity (Wildman–Crippen MR) is 81.7 cm³/mol. The molecule has 23 heavy (non-hydrogen) atoms. The molecule has 0 bridgehead atoms. The fourth-order valence-electron chi connectivity index (χ4n) is 1.91. The summed E-state index contributed by atoms with van der Waals surface area (Å²) in [5, 5.41) is 2.30. The molecule has 0 radical (unpaired) electrons. The Morgan fingerprint density at radius 2 is 1.78 bits per heavy atom. The van der Waals surface area contributed by atoms with E-state index in [0.717, 1.165) is 12.1 Å². The van der Waals surface area contributed by atoms with Gasteiger partial charge in [-0.15, -0.1) is 0 Å². The van der Waals surface area contributed by atoms with Gasteiger partial charge in [0.15, 0.2) is 0 Å². The third kappa shape index (κ3) is 3.72. The number of nitrogens with one attached hydrogen (secondary N) is 2. The van der Waals surface area contributed by atoms with E-state index >= 15 is 0 Å². The molecule has 0 unspecified atom stereocenters. The second kappa shape index (κ2) is 6.43. The Kier molecular flexibility index (Phi) is 4.76. The molecule has 5 nitrogen and oxygen atoms in total. The Hall–Kier alpha value is -2.32. The van der Waals surface area contributed by atoms with E-state index in [0.29, 0.717) is 11.6 Å². The van der Waals surface area contributed by atoms with Crippen LogP contribution in [0.5, 0.6) is 0 Å². The van der Waals surface area contributed by atoms with E-state index < -0.39 is 27.6 Å². The lowest BCUT2D eigenvalue weighted by Gasteiger charge is -2.10. The molecule has 0 atom stereocenters. The fourth-order valence-corrected chi connectivity index (χ4v) is 2.67. The lowest BCUT2D eigenvalue weighted by atomic mass is 10.1. The van der Waals surface area contributed by atoms with E-state index in [2.05, 4.69) is 10.0 Å².